The lowest BCUT2D eigenvalue weighted by Crippen LogP contribution is -2.39. The Morgan fingerprint density at radius 2 is 1.77 bits per heavy atom. The maximum absolute atomic E-state index is 13.6. The number of benzene rings is 3. The van der Waals surface area contributed by atoms with E-state index in [1.165, 1.54) is 30.3 Å². The summed E-state index contributed by atoms with van der Waals surface area (Å²) in [7, 11) is 0. The van der Waals surface area contributed by atoms with Gasteiger partial charge in [0.15, 0.2) is 5.58 Å². The van der Waals surface area contributed by atoms with Gasteiger partial charge in [0, 0.05) is 37.9 Å². The normalized spacial score (nSPS) is 14.4. The lowest BCUT2D eigenvalue weighted by atomic mass is 9.95. The smallest absolute Gasteiger partial charge is 0.405 e. The van der Waals surface area contributed by atoms with Gasteiger partial charge in [-0.2, -0.15) is 13.2 Å². The molecule has 0 unspecified atom stereocenters. The molecule has 0 aliphatic heterocycles. The van der Waals surface area contributed by atoms with Gasteiger partial charge in [-0.25, -0.2) is 9.37 Å². The number of hydrogen-bond acceptors (Lipinski definition) is 5. The van der Waals surface area contributed by atoms with Crippen LogP contribution in [-0.4, -0.2) is 35.9 Å². The van der Waals surface area contributed by atoms with Crippen molar-refractivity contribution >= 4 is 63.3 Å². The predicted molar refractivity (Wildman–Crippen MR) is 150 cm³/mol. The van der Waals surface area contributed by atoms with Crippen molar-refractivity contribution < 1.29 is 26.8 Å². The minimum atomic E-state index is -4.51. The van der Waals surface area contributed by atoms with E-state index >= 15 is 0 Å². The number of rotatable bonds is 9. The molecule has 210 valence electrons. The maximum atomic E-state index is 13.6. The molecule has 0 saturated heterocycles. The number of nitrogens with one attached hydrogen (secondary N) is 1. The van der Waals surface area contributed by atoms with Crippen LogP contribution in [0.1, 0.15) is 31.2 Å². The number of fused-ring (bicyclic) bond motifs is 1. The van der Waals surface area contributed by atoms with Crippen LogP contribution in [0.5, 0.6) is 0 Å². The van der Waals surface area contributed by atoms with Gasteiger partial charge in [-0.3, -0.25) is 4.79 Å². The molecule has 1 aliphatic carbocycles. The lowest BCUT2D eigenvalue weighted by molar-refractivity contribution is -0.122. The zero-order valence-electron chi connectivity index (χ0n) is 21.1. The van der Waals surface area contributed by atoms with E-state index in [2.05, 4.69) is 10.3 Å². The monoisotopic (exact) mass is 611 g/mol. The highest BCUT2D eigenvalue weighted by Crippen LogP contribution is 2.57. The summed E-state index contributed by atoms with van der Waals surface area (Å²) < 4.78 is 59.4. The number of aromatic nitrogens is 1. The van der Waals surface area contributed by atoms with Crippen LogP contribution in [-0.2, 0) is 10.2 Å². The molecule has 1 N–H and O–H groups in total. The van der Waals surface area contributed by atoms with Gasteiger partial charge in [0.25, 0.3) is 0 Å². The molecule has 1 aromatic heterocycles. The highest BCUT2D eigenvalue weighted by molar-refractivity contribution is 7.99. The summed E-state index contributed by atoms with van der Waals surface area (Å²) in [5, 5.41) is 3.09. The van der Waals surface area contributed by atoms with E-state index in [1.54, 1.807) is 36.0 Å². The van der Waals surface area contributed by atoms with Crippen LogP contribution in [0.25, 0.3) is 11.1 Å². The molecule has 1 fully saturated rings. The van der Waals surface area contributed by atoms with Crippen LogP contribution >= 0.6 is 35.0 Å². The van der Waals surface area contributed by atoms with Crippen molar-refractivity contribution in [1.29, 1.82) is 0 Å². The van der Waals surface area contributed by atoms with Crippen LogP contribution in [0.4, 0.5) is 28.9 Å². The minimum absolute atomic E-state index is 0.237. The quantitative estimate of drug-likeness (QED) is 0.152. The second-order valence-electron chi connectivity index (χ2n) is 9.47. The Bertz CT molecular complexity index is 1530. The third-order valence-electron chi connectivity index (χ3n) is 6.53. The minimum Gasteiger partial charge on any atom is -0.440 e. The molecule has 12 heteroatoms. The van der Waals surface area contributed by atoms with Gasteiger partial charge < -0.3 is 14.6 Å². The van der Waals surface area contributed by atoms with Crippen LogP contribution in [0.2, 0.25) is 10.0 Å². The van der Waals surface area contributed by atoms with Gasteiger partial charge in [-0.15, -0.1) is 11.8 Å². The fourth-order valence-electron chi connectivity index (χ4n) is 4.65. The maximum Gasteiger partial charge on any atom is 0.405 e. The Hall–Kier alpha value is -2.95. The second kappa shape index (κ2) is 11.1. The Morgan fingerprint density at radius 3 is 2.38 bits per heavy atom. The Labute approximate surface area is 241 Å². The molecule has 0 atom stereocenters. The van der Waals surface area contributed by atoms with Crippen LogP contribution in [0.15, 0.2) is 63.9 Å². The fourth-order valence-corrected chi connectivity index (χ4v) is 6.16. The second-order valence-corrected chi connectivity index (χ2v) is 11.6. The van der Waals surface area contributed by atoms with E-state index in [1.807, 2.05) is 6.92 Å². The molecule has 40 heavy (non-hydrogen) atoms. The summed E-state index contributed by atoms with van der Waals surface area (Å²) in [5.41, 5.74) is 1.18. The standard InChI is InChI=1S/C28H23Cl2F4N3O2S/c1-2-40-19-6-4-18(5-7-19)37(15-28(32,33)34)14-24(38)35-17-12-20(29)25(21(30)13-17)27(9-10-27)26-36-22-8-3-16(31)11-23(22)39-26/h3-8,11-13H,2,9-10,14-15H2,1H3,(H,35,38). The predicted octanol–water partition coefficient (Wildman–Crippen LogP) is 8.47. The summed E-state index contributed by atoms with van der Waals surface area (Å²) in [6.45, 7) is 0.143. The molecule has 0 bridgehead atoms. The van der Waals surface area contributed by atoms with Crippen molar-refractivity contribution in [3.8, 4) is 0 Å². The third-order valence-corrected chi connectivity index (χ3v) is 8.02. The number of nitrogens with zero attached hydrogens (tertiary/aromatic N) is 2. The van der Waals surface area contributed by atoms with Crippen molar-refractivity contribution in [3.63, 3.8) is 0 Å². The molecule has 4 aromatic rings. The van der Waals surface area contributed by atoms with Crippen molar-refractivity contribution in [3.05, 3.63) is 81.9 Å². The average molecular weight is 612 g/mol. The molecule has 1 amide bonds. The molecule has 5 nitrogen and oxygen atoms in total. The van der Waals surface area contributed by atoms with Gasteiger partial charge in [0.2, 0.25) is 11.8 Å². The molecule has 1 aliphatic rings. The highest BCUT2D eigenvalue weighted by Gasteiger charge is 2.52. The van der Waals surface area contributed by atoms with Gasteiger partial charge >= 0.3 is 6.18 Å². The molecule has 3 aromatic carbocycles. The Kier molecular flexibility index (Phi) is 7.96. The summed E-state index contributed by atoms with van der Waals surface area (Å²) in [6, 6.07) is 13.6. The molecule has 5 rings (SSSR count). The van der Waals surface area contributed by atoms with E-state index in [0.29, 0.717) is 35.4 Å². The Morgan fingerprint density at radius 1 is 1.10 bits per heavy atom. The van der Waals surface area contributed by atoms with Crippen molar-refractivity contribution in [2.24, 2.45) is 0 Å². The molecule has 0 radical (unpaired) electrons. The molecule has 1 heterocycles. The van der Waals surface area contributed by atoms with Gasteiger partial charge in [0.1, 0.15) is 17.9 Å². The lowest BCUT2D eigenvalue weighted by Gasteiger charge is -2.26. The first kappa shape index (κ1) is 28.6. The SMILES string of the molecule is CCSc1ccc(N(CC(=O)Nc2cc(Cl)c(C3(c4nc5ccc(F)cc5o4)CC3)c(Cl)c2)CC(F)(F)F)cc1. The number of anilines is 2. The largest absolute Gasteiger partial charge is 0.440 e. The summed E-state index contributed by atoms with van der Waals surface area (Å²) in [5.74, 6) is 0.0731. The number of thioether (sulfide) groups is 1. The molecular formula is C28H23Cl2F4N3O2S. The van der Waals surface area contributed by atoms with Crippen LogP contribution in [0, 0.1) is 5.82 Å². The van der Waals surface area contributed by atoms with Gasteiger partial charge in [0.05, 0.1) is 12.0 Å². The number of oxazole rings is 1. The van der Waals surface area contributed by atoms with E-state index in [-0.39, 0.29) is 21.4 Å². The number of carbonyl (C=O) groups is 1. The number of carbonyl (C=O) groups excluding carboxylic acids is 1. The topological polar surface area (TPSA) is 58.4 Å². The number of alkyl halides is 3. The van der Waals surface area contributed by atoms with Crippen molar-refractivity contribution in [2.45, 2.75) is 36.3 Å². The van der Waals surface area contributed by atoms with Crippen LogP contribution < -0.4 is 10.2 Å². The Balaban J connectivity index is 1.35. The van der Waals surface area contributed by atoms with E-state index in [0.717, 1.165) is 15.5 Å². The summed E-state index contributed by atoms with van der Waals surface area (Å²) in [4.78, 5) is 19.2. The summed E-state index contributed by atoms with van der Waals surface area (Å²) >= 11 is 14.8. The number of hydrogen-bond donors (Lipinski definition) is 1. The third kappa shape index (κ3) is 6.19. The van der Waals surface area contributed by atoms with Crippen LogP contribution in [0.3, 0.4) is 0 Å². The van der Waals surface area contributed by atoms with E-state index < -0.39 is 36.4 Å². The first-order valence-electron chi connectivity index (χ1n) is 12.4. The molecular weight excluding hydrogens is 589 g/mol. The highest BCUT2D eigenvalue weighted by atomic mass is 35.5. The van der Waals surface area contributed by atoms with Crippen molar-refractivity contribution in [1.82, 2.24) is 4.98 Å². The zero-order chi connectivity index (χ0) is 28.7. The number of amides is 1. The zero-order valence-corrected chi connectivity index (χ0v) is 23.4. The fraction of sp³-hybridized carbons (Fsp3) is 0.286. The summed E-state index contributed by atoms with van der Waals surface area (Å²) in [6.07, 6.45) is -3.22. The van der Waals surface area contributed by atoms with Gasteiger partial charge in [-0.05, 0) is 67.1 Å². The van der Waals surface area contributed by atoms with Crippen molar-refractivity contribution in [2.75, 3.05) is 29.1 Å². The van der Waals surface area contributed by atoms with E-state index in [4.69, 9.17) is 27.6 Å². The van der Waals surface area contributed by atoms with E-state index in [9.17, 15) is 22.4 Å². The molecule has 1 saturated carbocycles. The first-order valence-corrected chi connectivity index (χ1v) is 14.1. The first-order chi connectivity index (χ1) is 19.0. The average Bonchev–Trinajstić information content (AvgIpc) is 3.54. The molecule has 0 spiro atoms. The van der Waals surface area contributed by atoms with Gasteiger partial charge in [-0.1, -0.05) is 30.1 Å². The number of halogens is 6.